The predicted molar refractivity (Wildman–Crippen MR) is 149 cm³/mol. The zero-order valence-corrected chi connectivity index (χ0v) is 23.8. The average molecular weight is 546 g/mol. The van der Waals surface area contributed by atoms with E-state index in [9.17, 15) is 13.5 Å². The zero-order chi connectivity index (χ0) is 25.4. The SMILES string of the molecule is CCC(Cc1ccsc1)OS(C)(=O)=O.CCC(N)Cc1ccsc1.CCC(O)Cc1ccsc1. The summed E-state index contributed by atoms with van der Waals surface area (Å²) in [4.78, 5) is 0. The first-order valence-corrected chi connectivity index (χ1v) is 16.2. The van der Waals surface area contributed by atoms with Crippen molar-refractivity contribution < 1.29 is 17.7 Å². The quantitative estimate of drug-likeness (QED) is 0.283. The molecule has 3 aromatic heterocycles. The van der Waals surface area contributed by atoms with E-state index in [1.165, 1.54) is 11.1 Å². The van der Waals surface area contributed by atoms with Crippen LogP contribution in [0.25, 0.3) is 0 Å². The van der Waals surface area contributed by atoms with Gasteiger partial charge in [-0.25, -0.2) is 0 Å². The molecule has 0 aliphatic heterocycles. The van der Waals surface area contributed by atoms with Crippen molar-refractivity contribution in [2.45, 2.75) is 77.5 Å². The third kappa shape index (κ3) is 15.0. The van der Waals surface area contributed by atoms with Crippen LogP contribution in [0, 0.1) is 0 Å². The molecule has 3 N–H and O–H groups in total. The van der Waals surface area contributed by atoms with Gasteiger partial charge in [0.25, 0.3) is 10.1 Å². The number of thiophene rings is 3. The molecule has 0 amide bonds. The summed E-state index contributed by atoms with van der Waals surface area (Å²) in [5.74, 6) is 0. The fourth-order valence-corrected chi connectivity index (χ4v) is 5.59. The first kappa shape index (κ1) is 31.0. The molecule has 9 heteroatoms. The van der Waals surface area contributed by atoms with Crippen LogP contribution in [0.1, 0.15) is 56.7 Å². The molecule has 0 spiro atoms. The minimum atomic E-state index is -3.34. The molecule has 5 nitrogen and oxygen atoms in total. The van der Waals surface area contributed by atoms with Crippen molar-refractivity contribution in [3.63, 3.8) is 0 Å². The summed E-state index contributed by atoms with van der Waals surface area (Å²) in [5.41, 5.74) is 9.52. The molecular formula is C25H39NO4S4. The van der Waals surface area contributed by atoms with Crippen LogP contribution in [0.15, 0.2) is 50.5 Å². The highest BCUT2D eigenvalue weighted by molar-refractivity contribution is 7.86. The van der Waals surface area contributed by atoms with Gasteiger partial charge in [-0.1, -0.05) is 20.8 Å². The highest BCUT2D eigenvalue weighted by atomic mass is 32.2. The maximum Gasteiger partial charge on any atom is 0.264 e. The van der Waals surface area contributed by atoms with E-state index in [0.717, 1.165) is 37.5 Å². The Labute approximate surface area is 217 Å². The maximum atomic E-state index is 10.9. The standard InChI is InChI=1S/C9H14O3S2.C8H13NS.C8H12OS/c1-3-9(12-14(2,10)11)6-8-4-5-13-7-8;2*1-2-8(9)5-7-3-4-10-6-7/h4-5,7,9H,3,6H2,1-2H3;3-4,6,8H,2,5,9H2,1H3;3-4,6,8-9H,2,5H2,1H3. The molecule has 0 aliphatic carbocycles. The summed E-state index contributed by atoms with van der Waals surface area (Å²) in [6.45, 7) is 6.04. The van der Waals surface area contributed by atoms with E-state index >= 15 is 0 Å². The maximum absolute atomic E-state index is 10.9. The molecule has 0 radical (unpaired) electrons. The van der Waals surface area contributed by atoms with Crippen LogP contribution in [0.2, 0.25) is 0 Å². The Morgan fingerprint density at radius 1 is 0.824 bits per heavy atom. The van der Waals surface area contributed by atoms with Gasteiger partial charge in [0.2, 0.25) is 0 Å². The minimum Gasteiger partial charge on any atom is -0.393 e. The fraction of sp³-hybridized carbons (Fsp3) is 0.520. The summed E-state index contributed by atoms with van der Waals surface area (Å²) >= 11 is 5.02. The molecule has 0 fully saturated rings. The number of aliphatic hydroxyl groups is 1. The molecule has 3 atom stereocenters. The molecule has 3 heterocycles. The van der Waals surface area contributed by atoms with Crippen LogP contribution in [0.3, 0.4) is 0 Å². The van der Waals surface area contributed by atoms with Gasteiger partial charge < -0.3 is 10.8 Å². The van der Waals surface area contributed by atoms with Crippen molar-refractivity contribution in [3.05, 3.63) is 67.2 Å². The number of rotatable bonds is 11. The van der Waals surface area contributed by atoms with E-state index in [2.05, 4.69) is 35.2 Å². The number of hydrogen-bond acceptors (Lipinski definition) is 8. The van der Waals surface area contributed by atoms with E-state index in [-0.39, 0.29) is 12.2 Å². The summed E-state index contributed by atoms with van der Waals surface area (Å²) in [6, 6.07) is 6.53. The predicted octanol–water partition coefficient (Wildman–Crippen LogP) is 6.13. The van der Waals surface area contributed by atoms with Gasteiger partial charge in [0, 0.05) is 12.5 Å². The van der Waals surface area contributed by atoms with E-state index in [1.807, 2.05) is 36.1 Å². The largest absolute Gasteiger partial charge is 0.393 e. The Bertz CT molecular complexity index is 897. The van der Waals surface area contributed by atoms with Crippen molar-refractivity contribution in [2.24, 2.45) is 5.73 Å². The Balaban J connectivity index is 0.000000261. The van der Waals surface area contributed by atoms with Crippen LogP contribution in [0.5, 0.6) is 0 Å². The highest BCUT2D eigenvalue weighted by Gasteiger charge is 2.14. The Morgan fingerprint density at radius 2 is 1.29 bits per heavy atom. The summed E-state index contributed by atoms with van der Waals surface area (Å²) in [5, 5.41) is 21.6. The van der Waals surface area contributed by atoms with Gasteiger partial charge in [0.1, 0.15) is 0 Å². The molecule has 0 aliphatic rings. The second-order valence-electron chi connectivity index (χ2n) is 8.07. The zero-order valence-electron chi connectivity index (χ0n) is 20.6. The highest BCUT2D eigenvalue weighted by Crippen LogP contribution is 2.14. The third-order valence-electron chi connectivity index (χ3n) is 4.93. The lowest BCUT2D eigenvalue weighted by atomic mass is 10.1. The molecule has 0 saturated carbocycles. The summed E-state index contributed by atoms with van der Waals surface area (Å²) < 4.78 is 26.8. The van der Waals surface area contributed by atoms with Crippen LogP contribution < -0.4 is 5.73 Å². The lowest BCUT2D eigenvalue weighted by Gasteiger charge is -2.12. The number of aliphatic hydroxyl groups excluding tert-OH is 1. The van der Waals surface area contributed by atoms with Gasteiger partial charge in [-0.15, -0.1) is 0 Å². The van der Waals surface area contributed by atoms with Crippen molar-refractivity contribution >= 4 is 44.1 Å². The molecular weight excluding hydrogens is 507 g/mol. The van der Waals surface area contributed by atoms with Crippen LogP contribution >= 0.6 is 34.0 Å². The van der Waals surface area contributed by atoms with Crippen molar-refractivity contribution in [1.29, 1.82) is 0 Å². The van der Waals surface area contributed by atoms with Gasteiger partial charge in [0.15, 0.2) is 0 Å². The van der Waals surface area contributed by atoms with Crippen molar-refractivity contribution in [3.8, 4) is 0 Å². The van der Waals surface area contributed by atoms with Crippen LogP contribution in [-0.2, 0) is 33.6 Å². The van der Waals surface area contributed by atoms with E-state index < -0.39 is 10.1 Å². The average Bonchev–Trinajstić information content (AvgIpc) is 3.57. The van der Waals surface area contributed by atoms with E-state index in [1.54, 1.807) is 34.0 Å². The molecule has 34 heavy (non-hydrogen) atoms. The first-order valence-electron chi connectivity index (χ1n) is 11.5. The molecule has 0 bridgehead atoms. The van der Waals surface area contributed by atoms with Gasteiger partial charge >= 0.3 is 0 Å². The van der Waals surface area contributed by atoms with E-state index in [4.69, 9.17) is 9.92 Å². The van der Waals surface area contributed by atoms with Crippen LogP contribution in [0.4, 0.5) is 0 Å². The molecule has 192 valence electrons. The second-order valence-corrected chi connectivity index (χ2v) is 12.0. The Kier molecular flexibility index (Phi) is 15.8. The Morgan fingerprint density at radius 3 is 1.65 bits per heavy atom. The van der Waals surface area contributed by atoms with E-state index in [0.29, 0.717) is 18.9 Å². The summed E-state index contributed by atoms with van der Waals surface area (Å²) in [6.07, 6.45) is 5.79. The van der Waals surface area contributed by atoms with Gasteiger partial charge in [0.05, 0.1) is 18.5 Å². The summed E-state index contributed by atoms with van der Waals surface area (Å²) in [7, 11) is -3.34. The molecule has 3 rings (SSSR count). The van der Waals surface area contributed by atoms with Gasteiger partial charge in [-0.05, 0) is 99.3 Å². The van der Waals surface area contributed by atoms with Crippen LogP contribution in [-0.4, -0.2) is 38.0 Å². The van der Waals surface area contributed by atoms with Gasteiger partial charge in [-0.3, -0.25) is 4.18 Å². The van der Waals surface area contributed by atoms with Crippen molar-refractivity contribution in [2.75, 3.05) is 6.26 Å². The molecule has 3 unspecified atom stereocenters. The Hall–Kier alpha value is -1.07. The molecule has 0 saturated heterocycles. The minimum absolute atomic E-state index is 0.158. The lowest BCUT2D eigenvalue weighted by Crippen LogP contribution is -2.20. The second kappa shape index (κ2) is 17.4. The monoisotopic (exact) mass is 545 g/mol. The lowest BCUT2D eigenvalue weighted by molar-refractivity contribution is 0.171. The number of nitrogens with two attached hydrogens (primary N) is 1. The first-order chi connectivity index (χ1) is 16.2. The van der Waals surface area contributed by atoms with Crippen molar-refractivity contribution in [1.82, 2.24) is 0 Å². The topological polar surface area (TPSA) is 89.6 Å². The third-order valence-corrected chi connectivity index (χ3v) is 7.75. The fourth-order valence-electron chi connectivity index (χ4n) is 2.85. The van der Waals surface area contributed by atoms with Gasteiger partial charge in [-0.2, -0.15) is 42.4 Å². The molecule has 3 aromatic rings. The smallest absolute Gasteiger partial charge is 0.264 e. The normalized spacial score (nSPS) is 13.7. The number of hydrogen-bond donors (Lipinski definition) is 2. The molecule has 0 aromatic carbocycles.